The molecule has 2 aromatic carbocycles. The predicted octanol–water partition coefficient (Wildman–Crippen LogP) is 10.2. The first kappa shape index (κ1) is 159. The van der Waals surface area contributed by atoms with Crippen LogP contribution in [0.15, 0.2) is 60.7 Å². The molecular formula is C50H127N9O10. The van der Waals surface area contributed by atoms with E-state index in [-0.39, 0.29) is 36.9 Å². The van der Waals surface area contributed by atoms with E-state index in [0.717, 1.165) is 30.6 Å². The maximum Gasteiger partial charge on any atom is 0.106 e. The maximum atomic E-state index is 8.06. The monoisotopic (exact) mass is 1010 g/mol. The van der Waals surface area contributed by atoms with Gasteiger partial charge >= 0.3 is 0 Å². The fourth-order valence-corrected chi connectivity index (χ4v) is 1.43. The third-order valence-corrected chi connectivity index (χ3v) is 4.14. The van der Waals surface area contributed by atoms with Crippen LogP contribution in [0.5, 0.6) is 0 Å². The lowest BCUT2D eigenvalue weighted by atomic mass is 10.2. The summed E-state index contributed by atoms with van der Waals surface area (Å²) in [7, 11) is 6.00. The van der Waals surface area contributed by atoms with Crippen molar-refractivity contribution in [3.8, 4) is 0 Å². The lowest BCUT2D eigenvalue weighted by molar-refractivity contribution is -0.0987. The van der Waals surface area contributed by atoms with Gasteiger partial charge in [-0.25, -0.2) is 0 Å². The SMILES string of the molecule is C=O.C=O.C=O.C=O.C=O.C=O.C=O.C=O.C=O.CC.CC.CC(C)C.CC(C)O.CCC(C)C.CCC(C)C.CCc1ccccc1.CCc1ccccc1.CN.CN.CN.CN.N.N.N.N.N. The Balaban J connectivity index is -0.0000000144. The fraction of sp³-hybridized carbons (Fsp3) is 0.580. The molecule has 0 unspecified atom stereocenters. The Hall–Kier alpha value is -4.93. The van der Waals surface area contributed by atoms with E-state index < -0.39 is 0 Å². The van der Waals surface area contributed by atoms with Crippen LogP contribution < -0.4 is 53.7 Å². The van der Waals surface area contributed by atoms with Crippen molar-refractivity contribution in [3.05, 3.63) is 71.8 Å². The highest BCUT2D eigenvalue weighted by atomic mass is 16.3. The Morgan fingerprint density at radius 1 is 0.348 bits per heavy atom. The number of aryl methyl sites for hydroxylation is 2. The summed E-state index contributed by atoms with van der Waals surface area (Å²) in [5.41, 5.74) is 20.8. The summed E-state index contributed by atoms with van der Waals surface area (Å²) in [6, 6.07) is 20.9. The predicted molar refractivity (Wildman–Crippen MR) is 312 cm³/mol. The van der Waals surface area contributed by atoms with Gasteiger partial charge in [0.25, 0.3) is 0 Å². The topological polar surface area (TPSA) is 453 Å². The molecule has 0 aliphatic rings. The van der Waals surface area contributed by atoms with Crippen LogP contribution in [0.2, 0.25) is 0 Å². The molecule has 2 aromatic rings. The summed E-state index contributed by atoms with van der Waals surface area (Å²) in [5, 5.41) is 8.06. The van der Waals surface area contributed by atoms with Gasteiger partial charge in [0.1, 0.15) is 61.1 Å². The molecule has 0 aliphatic carbocycles. The molecule has 0 saturated heterocycles. The molecule has 0 bridgehead atoms. The second-order valence-electron chi connectivity index (χ2n) is 10.1. The van der Waals surface area contributed by atoms with Gasteiger partial charge in [0.15, 0.2) is 0 Å². The molecule has 0 radical (unpaired) electrons. The van der Waals surface area contributed by atoms with Gasteiger partial charge in [-0.05, 0) is 83.8 Å². The first-order chi connectivity index (χ1) is 30.9. The highest BCUT2D eigenvalue weighted by Gasteiger charge is 1.81. The van der Waals surface area contributed by atoms with Crippen molar-refractivity contribution in [3.63, 3.8) is 0 Å². The summed E-state index contributed by atoms with van der Waals surface area (Å²) in [5.74, 6) is 2.60. The lowest BCUT2D eigenvalue weighted by Gasteiger charge is -1.90. The molecule has 0 aliphatic heterocycles. The minimum Gasteiger partial charge on any atom is -0.394 e. The number of hydrogen-bond acceptors (Lipinski definition) is 19. The average Bonchev–Trinajstić information content (AvgIpc) is 3.41. The van der Waals surface area contributed by atoms with Crippen molar-refractivity contribution in [1.82, 2.24) is 30.8 Å². The third kappa shape index (κ3) is 647. The van der Waals surface area contributed by atoms with E-state index in [1.165, 1.54) is 52.2 Å². The summed E-state index contributed by atoms with van der Waals surface area (Å²) >= 11 is 0. The van der Waals surface area contributed by atoms with Crippen molar-refractivity contribution >= 4 is 61.1 Å². The normalized spacial score (nSPS) is 5.59. The minimum absolute atomic E-state index is 0. The second kappa shape index (κ2) is 332. The van der Waals surface area contributed by atoms with Crippen LogP contribution in [0.25, 0.3) is 0 Å². The maximum absolute atomic E-state index is 8.06. The van der Waals surface area contributed by atoms with Gasteiger partial charge in [-0.2, -0.15) is 0 Å². The van der Waals surface area contributed by atoms with Gasteiger partial charge in [-0.1, -0.05) is 177 Å². The molecule has 24 N–H and O–H groups in total. The lowest BCUT2D eigenvalue weighted by Crippen LogP contribution is -1.85. The molecule has 2 rings (SSSR count). The third-order valence-electron chi connectivity index (χ3n) is 4.14. The summed E-state index contributed by atoms with van der Waals surface area (Å²) in [6.45, 7) is 53.6. The highest BCUT2D eigenvalue weighted by molar-refractivity contribution is 5.15. The molecule has 0 aromatic heterocycles. The van der Waals surface area contributed by atoms with Gasteiger partial charge < -0.3 is 102 Å². The first-order valence-electron chi connectivity index (χ1n) is 20.5. The zero-order chi connectivity index (χ0) is 57.4. The zero-order valence-electron chi connectivity index (χ0n) is 49.2. The number of carbonyl (C=O) groups is 9. The van der Waals surface area contributed by atoms with E-state index in [1.807, 2.05) is 101 Å². The van der Waals surface area contributed by atoms with E-state index in [1.54, 1.807) is 13.8 Å². The Kier molecular flexibility index (Phi) is 763. The molecule has 0 atom stereocenters. The summed E-state index contributed by atoms with van der Waals surface area (Å²) < 4.78 is 0. The average molecular weight is 1010 g/mol. The van der Waals surface area contributed by atoms with Crippen molar-refractivity contribution in [2.45, 2.75) is 149 Å². The van der Waals surface area contributed by atoms with Gasteiger partial charge in [-0.15, -0.1) is 0 Å². The molecular weight excluding hydrogens is 887 g/mol. The number of hydrogen-bond donors (Lipinski definition) is 10. The number of carbonyl (C=O) groups excluding carboxylic acids is 9. The molecule has 0 fully saturated rings. The number of rotatable bonds is 4. The summed E-state index contributed by atoms with van der Waals surface area (Å²) in [6.07, 6.45) is 4.72. The van der Waals surface area contributed by atoms with Crippen molar-refractivity contribution in [1.29, 1.82) is 0 Å². The van der Waals surface area contributed by atoms with Crippen LogP contribution in [0, 0.1) is 17.8 Å². The minimum atomic E-state index is -0.167. The standard InChI is InChI=1S/2C8H10.2C5H12.C4H10.C3H8O.2C2H6.4CH5N.9CH2O.5H3N/c2*1-2-8-6-4-3-5-7-8;2*1-4-5(2)3;1-4(2)3;1-3(2)4;15*1-2;;;;;/h2*3-7H,2H2,1H3;2*5H,4H2,1-3H3;4H,1-3H3;3-4H,1-2H3;2*1-2H3;4*2H2,1H3;9*1H2;5*1H3. The van der Waals surface area contributed by atoms with Gasteiger partial charge in [0.2, 0.25) is 0 Å². The van der Waals surface area contributed by atoms with Crippen LogP contribution in [0.4, 0.5) is 0 Å². The van der Waals surface area contributed by atoms with Crippen LogP contribution >= 0.6 is 0 Å². The van der Waals surface area contributed by atoms with Gasteiger partial charge in [0.05, 0.1) is 0 Å². The van der Waals surface area contributed by atoms with Crippen LogP contribution in [-0.4, -0.2) is 101 Å². The molecule has 0 heterocycles. The van der Waals surface area contributed by atoms with E-state index >= 15 is 0 Å². The molecule has 0 saturated carbocycles. The quantitative estimate of drug-likeness (QED) is 0.136. The second-order valence-corrected chi connectivity index (χ2v) is 10.1. The smallest absolute Gasteiger partial charge is 0.106 e. The summed E-state index contributed by atoms with van der Waals surface area (Å²) in [4.78, 5) is 72.0. The molecule has 19 nitrogen and oxygen atoms in total. The number of benzene rings is 2. The number of aliphatic hydroxyl groups is 1. The Labute approximate surface area is 429 Å². The molecule has 0 amide bonds. The van der Waals surface area contributed by atoms with Crippen LogP contribution in [0.1, 0.15) is 142 Å². The fourth-order valence-electron chi connectivity index (χ4n) is 1.43. The first-order valence-corrected chi connectivity index (χ1v) is 20.5. The van der Waals surface area contributed by atoms with Crippen molar-refractivity contribution < 1.29 is 48.3 Å². The van der Waals surface area contributed by atoms with Gasteiger partial charge in [0, 0.05) is 6.10 Å². The van der Waals surface area contributed by atoms with E-state index in [4.69, 9.17) is 48.3 Å². The Bertz CT molecular complexity index is 671. The van der Waals surface area contributed by atoms with Crippen LogP contribution in [0.3, 0.4) is 0 Å². The van der Waals surface area contributed by atoms with Crippen molar-refractivity contribution in [2.24, 2.45) is 40.7 Å². The van der Waals surface area contributed by atoms with Crippen molar-refractivity contribution in [2.75, 3.05) is 28.2 Å². The van der Waals surface area contributed by atoms with E-state index in [2.05, 4.69) is 148 Å². The molecule has 69 heavy (non-hydrogen) atoms. The Morgan fingerprint density at radius 3 is 0.478 bits per heavy atom. The van der Waals surface area contributed by atoms with E-state index in [9.17, 15) is 0 Å². The zero-order valence-corrected chi connectivity index (χ0v) is 49.2. The Morgan fingerprint density at radius 2 is 0.435 bits per heavy atom. The number of nitrogens with two attached hydrogens (primary N) is 4. The highest BCUT2D eigenvalue weighted by Crippen LogP contribution is 1.98. The molecule has 19 heteroatoms. The van der Waals surface area contributed by atoms with Gasteiger partial charge in [-0.3, -0.25) is 0 Å². The molecule has 0 spiro atoms. The molecule has 432 valence electrons. The largest absolute Gasteiger partial charge is 0.394 e. The van der Waals surface area contributed by atoms with Crippen LogP contribution in [-0.2, 0) is 56.0 Å². The van der Waals surface area contributed by atoms with E-state index in [0.29, 0.717) is 0 Å². The number of aliphatic hydroxyl groups excluding tert-OH is 1.